The van der Waals surface area contributed by atoms with Gasteiger partial charge < -0.3 is 0 Å². The smallest absolute Gasteiger partial charge is 0.266 e. The second-order valence-corrected chi connectivity index (χ2v) is 7.68. The van der Waals surface area contributed by atoms with Crippen LogP contribution in [0.4, 0.5) is 20.2 Å². The Morgan fingerprint density at radius 2 is 1.52 bits per heavy atom. The van der Waals surface area contributed by atoms with Crippen molar-refractivity contribution in [1.29, 1.82) is 0 Å². The Morgan fingerprint density at radius 3 is 2.19 bits per heavy atom. The number of para-hydroxylation sites is 1. The van der Waals surface area contributed by atoms with Crippen molar-refractivity contribution in [3.63, 3.8) is 0 Å². The van der Waals surface area contributed by atoms with Crippen LogP contribution in [0.15, 0.2) is 72.8 Å². The van der Waals surface area contributed by atoms with Crippen molar-refractivity contribution < 1.29 is 23.2 Å². The van der Waals surface area contributed by atoms with E-state index < -0.39 is 41.5 Å². The Hall–Kier alpha value is -3.58. The lowest BCUT2D eigenvalue weighted by molar-refractivity contribution is -0.126. The molecule has 0 aromatic heterocycles. The summed E-state index contributed by atoms with van der Waals surface area (Å²) < 4.78 is 27.6. The molecule has 3 aromatic rings. The predicted molar refractivity (Wildman–Crippen MR) is 110 cm³/mol. The maximum Gasteiger partial charge on any atom is 0.266 e. The van der Waals surface area contributed by atoms with Crippen molar-refractivity contribution in [2.45, 2.75) is 19.1 Å². The molecule has 0 aliphatic carbocycles. The van der Waals surface area contributed by atoms with Gasteiger partial charge in [-0.05, 0) is 48.9 Å². The topological polar surface area (TPSA) is 49.9 Å². The lowest BCUT2D eigenvalue weighted by atomic mass is 9.90. The van der Waals surface area contributed by atoms with Crippen LogP contribution < -0.4 is 9.96 Å². The largest absolute Gasteiger partial charge is 0.273 e. The molecule has 2 saturated heterocycles. The molecule has 2 aliphatic heterocycles. The van der Waals surface area contributed by atoms with Crippen molar-refractivity contribution in [3.05, 3.63) is 95.6 Å². The second-order valence-electron chi connectivity index (χ2n) is 7.68. The van der Waals surface area contributed by atoms with Crippen LogP contribution in [0.1, 0.15) is 17.2 Å². The highest BCUT2D eigenvalue weighted by atomic mass is 19.2. The van der Waals surface area contributed by atoms with Gasteiger partial charge in [-0.25, -0.2) is 18.7 Å². The number of imide groups is 1. The maximum atomic E-state index is 14.1. The van der Waals surface area contributed by atoms with Crippen LogP contribution in [0.5, 0.6) is 0 Å². The van der Waals surface area contributed by atoms with Crippen LogP contribution in [0.25, 0.3) is 0 Å². The van der Waals surface area contributed by atoms with Crippen LogP contribution in [0, 0.1) is 24.5 Å². The summed E-state index contributed by atoms with van der Waals surface area (Å²) in [4.78, 5) is 33.7. The van der Waals surface area contributed by atoms with Gasteiger partial charge in [0.2, 0.25) is 5.91 Å². The molecule has 0 N–H and O–H groups in total. The molecule has 2 aliphatic rings. The van der Waals surface area contributed by atoms with Crippen molar-refractivity contribution in [3.8, 4) is 0 Å². The van der Waals surface area contributed by atoms with Gasteiger partial charge in [0.15, 0.2) is 17.7 Å². The monoisotopic (exact) mass is 420 g/mol. The first-order valence-corrected chi connectivity index (χ1v) is 9.86. The van der Waals surface area contributed by atoms with E-state index in [0.717, 1.165) is 22.6 Å². The molecule has 0 spiro atoms. The number of carbonyl (C=O) groups is 2. The van der Waals surface area contributed by atoms with E-state index in [1.54, 1.807) is 36.4 Å². The van der Waals surface area contributed by atoms with Crippen molar-refractivity contribution >= 4 is 23.2 Å². The van der Waals surface area contributed by atoms with E-state index in [9.17, 15) is 18.4 Å². The Kier molecular flexibility index (Phi) is 4.55. The zero-order valence-corrected chi connectivity index (χ0v) is 16.5. The highest BCUT2D eigenvalue weighted by molar-refractivity contribution is 6.23. The number of carbonyl (C=O) groups excluding carboxylic acids is 2. The Balaban J connectivity index is 1.60. The minimum Gasteiger partial charge on any atom is -0.273 e. The minimum atomic E-state index is -1.06. The third-order valence-electron chi connectivity index (χ3n) is 5.70. The summed E-state index contributed by atoms with van der Waals surface area (Å²) in [5, 5.41) is 1.45. The Morgan fingerprint density at radius 1 is 0.806 bits per heavy atom. The molecule has 3 atom stereocenters. The lowest BCUT2D eigenvalue weighted by Crippen LogP contribution is -2.37. The average molecular weight is 420 g/mol. The van der Waals surface area contributed by atoms with Crippen molar-refractivity contribution in [2.24, 2.45) is 5.92 Å². The van der Waals surface area contributed by atoms with Gasteiger partial charge >= 0.3 is 0 Å². The van der Waals surface area contributed by atoms with Gasteiger partial charge in [-0.1, -0.05) is 42.0 Å². The first kappa shape index (κ1) is 19.4. The summed E-state index contributed by atoms with van der Waals surface area (Å²) in [5.74, 6) is -3.84. The third kappa shape index (κ3) is 3.09. The molecule has 0 unspecified atom stereocenters. The number of hydrogen-bond acceptors (Lipinski definition) is 4. The first-order chi connectivity index (χ1) is 15.0. The molecular formula is C24H18F2N2O3. The summed E-state index contributed by atoms with van der Waals surface area (Å²) >= 11 is 0. The number of hydrogen-bond donors (Lipinski definition) is 0. The van der Waals surface area contributed by atoms with E-state index >= 15 is 0 Å². The normalized spacial score (nSPS) is 22.9. The molecule has 0 radical (unpaired) electrons. The zero-order valence-electron chi connectivity index (χ0n) is 16.5. The SMILES string of the molecule is Cc1ccc(N2C(=O)[C@H]3[C@H](ON(c4ccccc4)[C@H]3c3ccc(F)c(F)c3)C2=O)cc1. The molecule has 2 heterocycles. The molecule has 2 amide bonds. The van der Waals surface area contributed by atoms with E-state index in [2.05, 4.69) is 0 Å². The average Bonchev–Trinajstić information content (AvgIpc) is 3.28. The molecule has 2 fully saturated rings. The summed E-state index contributed by atoms with van der Waals surface area (Å²) in [6.45, 7) is 1.91. The molecule has 0 bridgehead atoms. The molecule has 31 heavy (non-hydrogen) atoms. The second kappa shape index (κ2) is 7.28. The van der Waals surface area contributed by atoms with E-state index in [4.69, 9.17) is 4.84 Å². The number of rotatable bonds is 3. The summed E-state index contributed by atoms with van der Waals surface area (Å²) in [7, 11) is 0. The van der Waals surface area contributed by atoms with Crippen molar-refractivity contribution in [2.75, 3.05) is 9.96 Å². The quantitative estimate of drug-likeness (QED) is 0.592. The number of hydroxylamine groups is 1. The first-order valence-electron chi connectivity index (χ1n) is 9.86. The van der Waals surface area contributed by atoms with Crippen LogP contribution in [0.2, 0.25) is 0 Å². The van der Waals surface area contributed by atoms with Gasteiger partial charge in [0.25, 0.3) is 5.91 Å². The summed E-state index contributed by atoms with van der Waals surface area (Å²) in [6, 6.07) is 18.6. The predicted octanol–water partition coefficient (Wildman–Crippen LogP) is 4.32. The van der Waals surface area contributed by atoms with E-state index in [-0.39, 0.29) is 0 Å². The molecular weight excluding hydrogens is 402 g/mol. The van der Waals surface area contributed by atoms with E-state index in [1.165, 1.54) is 11.1 Å². The Labute approximate surface area is 177 Å². The number of benzene rings is 3. The number of aryl methyl sites for hydroxylation is 1. The zero-order chi connectivity index (χ0) is 21.7. The van der Waals surface area contributed by atoms with Crippen LogP contribution in [-0.2, 0) is 14.4 Å². The molecule has 3 aromatic carbocycles. The van der Waals surface area contributed by atoms with Crippen molar-refractivity contribution in [1.82, 2.24) is 0 Å². The summed E-state index contributed by atoms with van der Waals surface area (Å²) in [5.41, 5.74) is 2.40. The summed E-state index contributed by atoms with van der Waals surface area (Å²) in [6.07, 6.45) is -1.06. The fourth-order valence-corrected chi connectivity index (χ4v) is 4.20. The highest BCUT2D eigenvalue weighted by Crippen LogP contribution is 2.47. The third-order valence-corrected chi connectivity index (χ3v) is 5.70. The number of amides is 2. The van der Waals surface area contributed by atoms with Gasteiger partial charge in [0.05, 0.1) is 17.4 Å². The minimum absolute atomic E-state index is 0.349. The molecule has 5 rings (SSSR count). The van der Waals surface area contributed by atoms with E-state index in [0.29, 0.717) is 16.9 Å². The fourth-order valence-electron chi connectivity index (χ4n) is 4.20. The van der Waals surface area contributed by atoms with Gasteiger partial charge in [-0.15, -0.1) is 0 Å². The standard InChI is InChI=1S/C24H18F2N2O3/c1-14-7-10-16(11-8-14)27-23(29)20-21(15-9-12-18(25)19(26)13-15)28(31-22(20)24(27)30)17-5-3-2-4-6-17/h2-13,20-22H,1H3/t20-,21+,22+/m1/s1. The van der Waals surface area contributed by atoms with Gasteiger partial charge in [0, 0.05) is 0 Å². The van der Waals surface area contributed by atoms with Crippen LogP contribution in [0.3, 0.4) is 0 Å². The Bertz CT molecular complexity index is 1170. The van der Waals surface area contributed by atoms with Crippen LogP contribution in [-0.4, -0.2) is 17.9 Å². The van der Waals surface area contributed by atoms with Gasteiger partial charge in [-0.3, -0.25) is 14.4 Å². The van der Waals surface area contributed by atoms with Gasteiger partial charge in [0.1, 0.15) is 5.92 Å². The molecule has 156 valence electrons. The lowest BCUT2D eigenvalue weighted by Gasteiger charge is -2.28. The van der Waals surface area contributed by atoms with Crippen LogP contribution >= 0.6 is 0 Å². The molecule has 0 saturated carbocycles. The highest BCUT2D eigenvalue weighted by Gasteiger charge is 2.60. The maximum absolute atomic E-state index is 14.1. The molecule has 7 heteroatoms. The van der Waals surface area contributed by atoms with E-state index in [1.807, 2.05) is 25.1 Å². The fraction of sp³-hybridized carbons (Fsp3) is 0.167. The molecule has 5 nitrogen and oxygen atoms in total. The number of anilines is 2. The number of nitrogens with zero attached hydrogens (tertiary/aromatic N) is 2. The number of halogens is 2. The number of fused-ring (bicyclic) bond motifs is 1. The van der Waals surface area contributed by atoms with Gasteiger partial charge in [-0.2, -0.15) is 0 Å².